The first-order valence-corrected chi connectivity index (χ1v) is 6.43. The first kappa shape index (κ1) is 17.4. The molecule has 2 N–H and O–H groups in total. The van der Waals surface area contributed by atoms with E-state index in [-0.39, 0.29) is 11.4 Å². The van der Waals surface area contributed by atoms with Gasteiger partial charge in [-0.2, -0.15) is 0 Å². The molecule has 0 amide bonds. The van der Waals surface area contributed by atoms with Crippen molar-refractivity contribution in [1.82, 2.24) is 4.90 Å². The normalized spacial score (nSPS) is 11.9. The molecule has 0 saturated heterocycles. The van der Waals surface area contributed by atoms with E-state index in [2.05, 4.69) is 23.5 Å². The lowest BCUT2D eigenvalue weighted by atomic mass is 9.89. The molecule has 0 aromatic heterocycles. The van der Waals surface area contributed by atoms with Gasteiger partial charge in [-0.05, 0) is 24.9 Å². The van der Waals surface area contributed by atoms with Gasteiger partial charge in [-0.3, -0.25) is 4.79 Å². The molecule has 0 unspecified atom stereocenters. The van der Waals surface area contributed by atoms with Crippen molar-refractivity contribution in [1.29, 1.82) is 0 Å². The van der Waals surface area contributed by atoms with Crippen LogP contribution in [0.3, 0.4) is 0 Å². The number of esters is 1. The van der Waals surface area contributed by atoms with E-state index in [4.69, 9.17) is 10.5 Å². The fraction of sp³-hybridized carbons (Fsp3) is 0.923. The zero-order chi connectivity index (χ0) is 14.0. The van der Waals surface area contributed by atoms with E-state index in [0.717, 1.165) is 19.5 Å². The summed E-state index contributed by atoms with van der Waals surface area (Å²) >= 11 is 0. The Labute approximate surface area is 111 Å². The lowest BCUT2D eigenvalue weighted by Crippen LogP contribution is -2.35. The molecule has 0 aromatic rings. The van der Waals surface area contributed by atoms with Gasteiger partial charge in [0.15, 0.2) is 0 Å². The number of nitrogens with two attached hydrogens (primary N) is 1. The number of nitrogens with zero attached hydrogens (tertiary/aromatic N) is 1. The van der Waals surface area contributed by atoms with E-state index in [1.807, 2.05) is 0 Å². The number of ether oxygens (including phenoxy) is 2. The standard InChI is InChI=1S/C13H28N2O3/c1-13(2,11-14)6-8-15(9-10-17-3)7-5-12(16)18-4/h5-11,14H2,1-4H3. The first-order valence-electron chi connectivity index (χ1n) is 6.43. The van der Waals surface area contributed by atoms with E-state index in [0.29, 0.717) is 26.1 Å². The molecule has 0 rings (SSSR count). The zero-order valence-corrected chi connectivity index (χ0v) is 12.2. The van der Waals surface area contributed by atoms with E-state index in [9.17, 15) is 4.79 Å². The van der Waals surface area contributed by atoms with Gasteiger partial charge in [0, 0.05) is 20.2 Å². The third-order valence-corrected chi connectivity index (χ3v) is 3.13. The summed E-state index contributed by atoms with van der Waals surface area (Å²) in [7, 11) is 3.10. The fourth-order valence-electron chi connectivity index (χ4n) is 1.47. The number of hydrogen-bond acceptors (Lipinski definition) is 5. The van der Waals surface area contributed by atoms with Crippen LogP contribution in [-0.2, 0) is 14.3 Å². The van der Waals surface area contributed by atoms with Crippen LogP contribution in [0.1, 0.15) is 26.7 Å². The van der Waals surface area contributed by atoms with Crippen LogP contribution in [0.4, 0.5) is 0 Å². The predicted octanol–water partition coefficient (Wildman–Crippen LogP) is 0.873. The molecule has 0 fully saturated rings. The molecule has 0 spiro atoms. The van der Waals surface area contributed by atoms with Gasteiger partial charge in [-0.25, -0.2) is 0 Å². The monoisotopic (exact) mass is 260 g/mol. The molecular formula is C13H28N2O3. The highest BCUT2D eigenvalue weighted by atomic mass is 16.5. The molecule has 0 aliphatic heterocycles. The van der Waals surface area contributed by atoms with Crippen LogP contribution in [0.2, 0.25) is 0 Å². The maximum atomic E-state index is 11.1. The Morgan fingerprint density at radius 2 is 1.89 bits per heavy atom. The molecule has 5 heteroatoms. The van der Waals surface area contributed by atoms with E-state index in [1.165, 1.54) is 7.11 Å². The molecule has 0 aliphatic carbocycles. The molecule has 5 nitrogen and oxygen atoms in total. The minimum atomic E-state index is -0.171. The largest absolute Gasteiger partial charge is 0.469 e. The van der Waals surface area contributed by atoms with Crippen molar-refractivity contribution in [2.45, 2.75) is 26.7 Å². The average molecular weight is 260 g/mol. The number of carbonyl (C=O) groups excluding carboxylic acids is 1. The molecule has 0 aliphatic rings. The minimum absolute atomic E-state index is 0.136. The van der Waals surface area contributed by atoms with E-state index in [1.54, 1.807) is 7.11 Å². The number of rotatable bonds is 10. The summed E-state index contributed by atoms with van der Waals surface area (Å²) in [6.45, 7) is 8.10. The summed E-state index contributed by atoms with van der Waals surface area (Å²) in [5.74, 6) is -0.171. The van der Waals surface area contributed by atoms with Gasteiger partial charge in [-0.15, -0.1) is 0 Å². The number of hydrogen-bond donors (Lipinski definition) is 1. The molecule has 0 saturated carbocycles. The summed E-state index contributed by atoms with van der Waals surface area (Å²) in [6.07, 6.45) is 1.43. The number of methoxy groups -OCH3 is 2. The molecule has 0 bridgehead atoms. The Morgan fingerprint density at radius 3 is 2.39 bits per heavy atom. The van der Waals surface area contributed by atoms with Crippen LogP contribution in [0, 0.1) is 5.41 Å². The Balaban J connectivity index is 4.09. The van der Waals surface area contributed by atoms with Crippen LogP contribution in [0.5, 0.6) is 0 Å². The topological polar surface area (TPSA) is 64.8 Å². The van der Waals surface area contributed by atoms with Gasteiger partial charge in [0.05, 0.1) is 20.1 Å². The molecule has 108 valence electrons. The third kappa shape index (κ3) is 8.44. The fourth-order valence-corrected chi connectivity index (χ4v) is 1.47. The van der Waals surface area contributed by atoms with Crippen molar-refractivity contribution in [2.75, 3.05) is 47.0 Å². The molecular weight excluding hydrogens is 232 g/mol. The maximum absolute atomic E-state index is 11.1. The summed E-state index contributed by atoms with van der Waals surface area (Å²) in [4.78, 5) is 13.4. The quantitative estimate of drug-likeness (QED) is 0.591. The van der Waals surface area contributed by atoms with Crippen LogP contribution in [-0.4, -0.2) is 57.9 Å². The zero-order valence-electron chi connectivity index (χ0n) is 12.2. The minimum Gasteiger partial charge on any atom is -0.469 e. The van der Waals surface area contributed by atoms with E-state index >= 15 is 0 Å². The predicted molar refractivity (Wildman–Crippen MR) is 72.4 cm³/mol. The Morgan fingerprint density at radius 1 is 1.22 bits per heavy atom. The van der Waals surface area contributed by atoms with Crippen molar-refractivity contribution >= 4 is 5.97 Å². The van der Waals surface area contributed by atoms with Gasteiger partial charge >= 0.3 is 5.97 Å². The molecule has 0 radical (unpaired) electrons. The highest BCUT2D eigenvalue weighted by molar-refractivity contribution is 5.69. The Hall–Kier alpha value is -0.650. The third-order valence-electron chi connectivity index (χ3n) is 3.13. The average Bonchev–Trinajstić information content (AvgIpc) is 2.37. The lowest BCUT2D eigenvalue weighted by molar-refractivity contribution is -0.141. The van der Waals surface area contributed by atoms with Crippen molar-refractivity contribution in [3.8, 4) is 0 Å². The van der Waals surface area contributed by atoms with Gasteiger partial charge in [0.25, 0.3) is 0 Å². The second-order valence-electron chi connectivity index (χ2n) is 5.28. The molecule has 0 aromatic carbocycles. The smallest absolute Gasteiger partial charge is 0.306 e. The Bertz CT molecular complexity index is 232. The van der Waals surface area contributed by atoms with Crippen LogP contribution < -0.4 is 5.73 Å². The lowest BCUT2D eigenvalue weighted by Gasteiger charge is -2.28. The van der Waals surface area contributed by atoms with Gasteiger partial charge in [0.2, 0.25) is 0 Å². The molecule has 0 atom stereocenters. The summed E-state index contributed by atoms with van der Waals surface area (Å²) in [5.41, 5.74) is 5.85. The SMILES string of the molecule is COCCN(CCC(=O)OC)CCC(C)(C)CN. The molecule has 0 heterocycles. The maximum Gasteiger partial charge on any atom is 0.306 e. The first-order chi connectivity index (χ1) is 8.45. The van der Waals surface area contributed by atoms with Crippen molar-refractivity contribution in [2.24, 2.45) is 11.1 Å². The van der Waals surface area contributed by atoms with Crippen molar-refractivity contribution < 1.29 is 14.3 Å². The second-order valence-corrected chi connectivity index (χ2v) is 5.28. The van der Waals surface area contributed by atoms with E-state index < -0.39 is 0 Å². The summed E-state index contributed by atoms with van der Waals surface area (Å²) in [5, 5.41) is 0. The highest BCUT2D eigenvalue weighted by Gasteiger charge is 2.17. The van der Waals surface area contributed by atoms with Crippen LogP contribution in [0.25, 0.3) is 0 Å². The van der Waals surface area contributed by atoms with Crippen molar-refractivity contribution in [3.05, 3.63) is 0 Å². The Kier molecular flexibility index (Phi) is 8.97. The van der Waals surface area contributed by atoms with Crippen molar-refractivity contribution in [3.63, 3.8) is 0 Å². The van der Waals surface area contributed by atoms with Gasteiger partial charge in [-0.1, -0.05) is 13.8 Å². The summed E-state index contributed by atoms with van der Waals surface area (Å²) in [6, 6.07) is 0. The summed E-state index contributed by atoms with van der Waals surface area (Å²) < 4.78 is 9.74. The van der Waals surface area contributed by atoms with Gasteiger partial charge in [0.1, 0.15) is 0 Å². The highest BCUT2D eigenvalue weighted by Crippen LogP contribution is 2.18. The van der Waals surface area contributed by atoms with Crippen LogP contribution >= 0.6 is 0 Å². The molecule has 18 heavy (non-hydrogen) atoms. The van der Waals surface area contributed by atoms with Gasteiger partial charge < -0.3 is 20.1 Å². The second kappa shape index (κ2) is 9.30. The van der Waals surface area contributed by atoms with Crippen LogP contribution in [0.15, 0.2) is 0 Å². The number of carbonyl (C=O) groups is 1.